The van der Waals surface area contributed by atoms with Gasteiger partial charge in [-0.05, 0) is 69.4 Å². The summed E-state index contributed by atoms with van der Waals surface area (Å²) in [5, 5.41) is 7.12. The zero-order valence-electron chi connectivity index (χ0n) is 17.0. The molecular formula is C21H24F2O7S. The SMILES string of the molecule is Cc1ccc(C(=O)OC23CC4CC(CC(COC(=O)C(F)(F)SOOO)(C4)C2)C3)cc1. The highest BCUT2D eigenvalue weighted by molar-refractivity contribution is 7.96. The molecule has 31 heavy (non-hydrogen) atoms. The molecule has 7 nitrogen and oxygen atoms in total. The fourth-order valence-electron chi connectivity index (χ4n) is 5.99. The van der Waals surface area contributed by atoms with Gasteiger partial charge in [-0.3, -0.25) is 0 Å². The topological polar surface area (TPSA) is 91.3 Å². The summed E-state index contributed by atoms with van der Waals surface area (Å²) >= 11 is -0.639. The van der Waals surface area contributed by atoms with E-state index in [0.29, 0.717) is 23.8 Å². The summed E-state index contributed by atoms with van der Waals surface area (Å²) in [6, 6.07) is 7.16. The number of ether oxygens (including phenoxy) is 2. The average Bonchev–Trinajstić information content (AvgIpc) is 2.69. The first kappa shape index (κ1) is 22.4. The van der Waals surface area contributed by atoms with Crippen molar-refractivity contribution < 1.29 is 42.5 Å². The van der Waals surface area contributed by atoms with Crippen molar-refractivity contribution in [2.75, 3.05) is 6.61 Å². The maximum Gasteiger partial charge on any atom is 0.415 e. The van der Waals surface area contributed by atoms with Gasteiger partial charge in [0.25, 0.3) is 0 Å². The van der Waals surface area contributed by atoms with E-state index in [1.165, 1.54) is 0 Å². The molecule has 0 aliphatic heterocycles. The molecule has 0 amide bonds. The van der Waals surface area contributed by atoms with Gasteiger partial charge >= 0.3 is 17.2 Å². The van der Waals surface area contributed by atoms with Crippen LogP contribution in [0.15, 0.2) is 24.3 Å². The predicted octanol–water partition coefficient (Wildman–Crippen LogP) is 4.70. The summed E-state index contributed by atoms with van der Waals surface area (Å²) in [5.41, 5.74) is 0.356. The number of rotatable bonds is 8. The average molecular weight is 458 g/mol. The van der Waals surface area contributed by atoms with Gasteiger partial charge in [0.1, 0.15) is 17.6 Å². The van der Waals surface area contributed by atoms with Crippen molar-refractivity contribution in [2.45, 2.75) is 56.3 Å². The van der Waals surface area contributed by atoms with E-state index in [1.807, 2.05) is 19.1 Å². The molecule has 0 aromatic heterocycles. The molecule has 4 aliphatic rings. The number of hydrogen-bond acceptors (Lipinski definition) is 8. The molecule has 0 spiro atoms. The third-order valence-electron chi connectivity index (χ3n) is 6.64. The molecule has 0 heterocycles. The van der Waals surface area contributed by atoms with E-state index in [-0.39, 0.29) is 6.61 Å². The number of carbonyl (C=O) groups is 2. The fourth-order valence-corrected chi connectivity index (χ4v) is 6.24. The first-order valence-corrected chi connectivity index (χ1v) is 10.9. The van der Waals surface area contributed by atoms with Crippen LogP contribution in [-0.2, 0) is 23.6 Å². The highest BCUT2D eigenvalue weighted by Gasteiger charge is 2.60. The molecular weight excluding hydrogens is 434 g/mol. The van der Waals surface area contributed by atoms with Crippen molar-refractivity contribution in [2.24, 2.45) is 17.3 Å². The van der Waals surface area contributed by atoms with Crippen molar-refractivity contribution in [3.8, 4) is 0 Å². The zero-order valence-corrected chi connectivity index (χ0v) is 17.8. The molecule has 4 aliphatic carbocycles. The molecule has 1 aromatic carbocycles. The van der Waals surface area contributed by atoms with Crippen molar-refractivity contribution >= 4 is 24.0 Å². The Hall–Kier alpha value is -1.75. The normalized spacial score (nSPS) is 31.5. The van der Waals surface area contributed by atoms with Crippen LogP contribution in [-0.4, -0.2) is 34.7 Å². The maximum atomic E-state index is 13.7. The Labute approximate surface area is 182 Å². The minimum absolute atomic E-state index is 0.182. The summed E-state index contributed by atoms with van der Waals surface area (Å²) in [7, 11) is 0. The van der Waals surface area contributed by atoms with Crippen LogP contribution in [0.5, 0.6) is 0 Å². The third kappa shape index (κ3) is 4.72. The molecule has 1 aromatic rings. The standard InChI is InChI=1S/C21H24F2O7S/c1-13-2-4-16(5-3-13)17(24)28-20-9-14-6-15(10-20)8-19(7-14,11-20)12-27-18(25)21(22,23)31-30-29-26/h2-5,14-15,26H,6-12H2,1H3. The minimum Gasteiger partial charge on any atom is -0.460 e. The van der Waals surface area contributed by atoms with Crippen LogP contribution in [0, 0.1) is 24.2 Å². The van der Waals surface area contributed by atoms with Crippen LogP contribution in [0.25, 0.3) is 0 Å². The predicted molar refractivity (Wildman–Crippen MR) is 105 cm³/mol. The number of alkyl halides is 2. The van der Waals surface area contributed by atoms with Crippen LogP contribution in [0.2, 0.25) is 0 Å². The highest BCUT2D eigenvalue weighted by Crippen LogP contribution is 2.63. The van der Waals surface area contributed by atoms with Gasteiger partial charge in [0.2, 0.25) is 0 Å². The van der Waals surface area contributed by atoms with Crippen molar-refractivity contribution in [3.63, 3.8) is 0 Å². The van der Waals surface area contributed by atoms with Crippen LogP contribution >= 0.6 is 12.0 Å². The molecule has 5 rings (SSSR count). The van der Waals surface area contributed by atoms with Gasteiger partial charge in [-0.1, -0.05) is 22.7 Å². The Morgan fingerprint density at radius 3 is 2.42 bits per heavy atom. The highest BCUT2D eigenvalue weighted by atomic mass is 32.2. The Balaban J connectivity index is 1.45. The van der Waals surface area contributed by atoms with Crippen molar-refractivity contribution in [1.82, 2.24) is 0 Å². The van der Waals surface area contributed by atoms with E-state index in [4.69, 9.17) is 14.7 Å². The lowest BCUT2D eigenvalue weighted by atomic mass is 9.48. The summed E-state index contributed by atoms with van der Waals surface area (Å²) in [6.45, 7) is 1.75. The van der Waals surface area contributed by atoms with Gasteiger partial charge in [-0.15, -0.1) is 4.33 Å². The van der Waals surface area contributed by atoms with Gasteiger partial charge in [0.15, 0.2) is 0 Å². The van der Waals surface area contributed by atoms with Gasteiger partial charge in [0.05, 0.1) is 12.2 Å². The second-order valence-corrected chi connectivity index (χ2v) is 10.0. The summed E-state index contributed by atoms with van der Waals surface area (Å²) in [4.78, 5) is 24.6. The van der Waals surface area contributed by atoms with E-state index in [0.717, 1.165) is 37.7 Å². The number of aryl methyl sites for hydroxylation is 1. The number of halogens is 2. The molecule has 1 N–H and O–H groups in total. The molecule has 10 heteroatoms. The van der Waals surface area contributed by atoms with E-state index in [9.17, 15) is 18.4 Å². The Morgan fingerprint density at radius 1 is 1.16 bits per heavy atom. The molecule has 170 valence electrons. The van der Waals surface area contributed by atoms with E-state index in [2.05, 4.69) is 9.37 Å². The van der Waals surface area contributed by atoms with Crippen LogP contribution in [0.4, 0.5) is 8.78 Å². The number of hydrogen-bond donors (Lipinski definition) is 1. The van der Waals surface area contributed by atoms with E-state index >= 15 is 0 Å². The van der Waals surface area contributed by atoms with Gasteiger partial charge in [-0.2, -0.15) is 8.78 Å². The molecule has 4 fully saturated rings. The Bertz CT molecular complexity index is 831. The first-order chi connectivity index (χ1) is 14.6. The largest absolute Gasteiger partial charge is 0.460 e. The molecule has 4 bridgehead atoms. The minimum atomic E-state index is -4.03. The van der Waals surface area contributed by atoms with Gasteiger partial charge < -0.3 is 9.47 Å². The van der Waals surface area contributed by atoms with E-state index < -0.39 is 40.3 Å². The summed E-state index contributed by atoms with van der Waals surface area (Å²) in [5.74, 6) is -1.56. The Morgan fingerprint density at radius 2 is 1.81 bits per heavy atom. The second-order valence-electron chi connectivity index (χ2n) is 9.22. The van der Waals surface area contributed by atoms with Gasteiger partial charge in [0, 0.05) is 5.41 Å². The van der Waals surface area contributed by atoms with Crippen molar-refractivity contribution in [3.05, 3.63) is 35.4 Å². The van der Waals surface area contributed by atoms with Crippen LogP contribution < -0.4 is 0 Å². The van der Waals surface area contributed by atoms with Gasteiger partial charge in [-0.25, -0.2) is 14.8 Å². The summed E-state index contributed by atoms with van der Waals surface area (Å²) in [6.07, 6.45) is 4.46. The molecule has 2 unspecified atom stereocenters. The molecule has 2 atom stereocenters. The van der Waals surface area contributed by atoms with Crippen molar-refractivity contribution in [1.29, 1.82) is 0 Å². The molecule has 0 saturated heterocycles. The first-order valence-electron chi connectivity index (χ1n) is 10.2. The summed E-state index contributed by atoms with van der Waals surface area (Å²) < 4.78 is 42.1. The Kier molecular flexibility index (Phi) is 6.01. The number of carbonyl (C=O) groups excluding carboxylic acids is 2. The lowest BCUT2D eigenvalue weighted by molar-refractivity contribution is -0.433. The number of esters is 2. The zero-order chi connectivity index (χ0) is 22.3. The smallest absolute Gasteiger partial charge is 0.415 e. The quantitative estimate of drug-likeness (QED) is 0.260. The fraction of sp³-hybridized carbons (Fsp3) is 0.619. The molecule has 4 saturated carbocycles. The molecule has 0 radical (unpaired) electrons. The van der Waals surface area contributed by atoms with Crippen LogP contribution in [0.3, 0.4) is 0 Å². The number of benzene rings is 1. The maximum absolute atomic E-state index is 13.7. The second kappa shape index (κ2) is 8.31. The lowest BCUT2D eigenvalue weighted by Crippen LogP contribution is -2.59. The monoisotopic (exact) mass is 458 g/mol. The van der Waals surface area contributed by atoms with Crippen LogP contribution in [0.1, 0.15) is 54.4 Å². The van der Waals surface area contributed by atoms with E-state index in [1.54, 1.807) is 12.1 Å². The lowest BCUT2D eigenvalue weighted by Gasteiger charge is -2.60. The third-order valence-corrected chi connectivity index (χ3v) is 7.15.